The van der Waals surface area contributed by atoms with Gasteiger partial charge in [-0.15, -0.1) is 0 Å². The molecule has 0 bridgehead atoms. The minimum absolute atomic E-state index is 0.208. The zero-order valence-corrected chi connectivity index (χ0v) is 38.3. The Kier molecular flexibility index (Phi) is 38.5. The summed E-state index contributed by atoms with van der Waals surface area (Å²) in [5.41, 5.74) is 0. The first-order valence-electron chi connectivity index (χ1n) is 25.1. The van der Waals surface area contributed by atoms with E-state index >= 15 is 0 Å². The molecule has 0 saturated carbocycles. The molecule has 0 aliphatic carbocycles. The Morgan fingerprint density at radius 1 is 0.458 bits per heavy atom. The molecule has 59 heavy (non-hydrogen) atoms. The molecule has 1 rings (SSSR count). The second kappa shape index (κ2) is 40.8. The highest BCUT2D eigenvalue weighted by Gasteiger charge is 2.44. The lowest BCUT2D eigenvalue weighted by Crippen LogP contribution is -2.59. The van der Waals surface area contributed by atoms with Crippen molar-refractivity contribution in [3.63, 3.8) is 0 Å². The van der Waals surface area contributed by atoms with E-state index in [0.717, 1.165) is 38.5 Å². The lowest BCUT2D eigenvalue weighted by Gasteiger charge is -2.39. The monoisotopic (exact) mass is 843 g/mol. The highest BCUT2D eigenvalue weighted by Crippen LogP contribution is 2.23. The first kappa shape index (κ1) is 55.7. The molecular formula is C49H94O10. The van der Waals surface area contributed by atoms with Gasteiger partial charge in [-0.05, 0) is 12.8 Å². The Labute approximate surface area is 361 Å². The van der Waals surface area contributed by atoms with Crippen LogP contribution < -0.4 is 0 Å². The van der Waals surface area contributed by atoms with Crippen molar-refractivity contribution in [2.24, 2.45) is 0 Å². The van der Waals surface area contributed by atoms with Crippen LogP contribution in [0.25, 0.3) is 0 Å². The minimum Gasteiger partial charge on any atom is -0.462 e. The maximum absolute atomic E-state index is 12.8. The van der Waals surface area contributed by atoms with Crippen LogP contribution in [0.1, 0.15) is 245 Å². The van der Waals surface area contributed by atoms with Crippen molar-refractivity contribution < 1.29 is 49.0 Å². The van der Waals surface area contributed by atoms with Crippen LogP contribution in [-0.2, 0) is 28.5 Å². The van der Waals surface area contributed by atoms with Crippen LogP contribution in [0.15, 0.2) is 0 Å². The summed E-state index contributed by atoms with van der Waals surface area (Å²) in [5, 5.41) is 40.1. The zero-order valence-electron chi connectivity index (χ0n) is 38.3. The second-order valence-corrected chi connectivity index (χ2v) is 17.6. The summed E-state index contributed by atoms with van der Waals surface area (Å²) in [4.78, 5) is 25.4. The van der Waals surface area contributed by atoms with E-state index in [1.54, 1.807) is 0 Å². The number of rotatable bonds is 43. The molecule has 0 radical (unpaired) electrons. The van der Waals surface area contributed by atoms with Crippen LogP contribution in [0, 0.1) is 0 Å². The molecule has 0 aromatic heterocycles. The Bertz CT molecular complexity index is 932. The van der Waals surface area contributed by atoms with Crippen molar-refractivity contribution in [1.29, 1.82) is 0 Å². The van der Waals surface area contributed by atoms with Crippen molar-refractivity contribution in [3.8, 4) is 0 Å². The quantitative estimate of drug-likeness (QED) is 0.0345. The van der Waals surface area contributed by atoms with Crippen LogP contribution in [0.5, 0.6) is 0 Å². The summed E-state index contributed by atoms with van der Waals surface area (Å²) in [5.74, 6) is -0.787. The average molecular weight is 843 g/mol. The number of ether oxygens (including phenoxy) is 4. The summed E-state index contributed by atoms with van der Waals surface area (Å²) in [6, 6.07) is 0. The second-order valence-electron chi connectivity index (χ2n) is 17.6. The van der Waals surface area contributed by atoms with Gasteiger partial charge in [-0.2, -0.15) is 0 Å². The van der Waals surface area contributed by atoms with Crippen molar-refractivity contribution in [2.45, 2.75) is 282 Å². The maximum atomic E-state index is 12.8. The summed E-state index contributed by atoms with van der Waals surface area (Å²) < 4.78 is 22.2. The number of hydrogen-bond donors (Lipinski definition) is 4. The average Bonchev–Trinajstić information content (AvgIpc) is 3.23. The number of hydrogen-bond acceptors (Lipinski definition) is 10. The lowest BCUT2D eigenvalue weighted by molar-refractivity contribution is -0.305. The highest BCUT2D eigenvalue weighted by molar-refractivity contribution is 5.70. The number of aliphatic hydroxyl groups is 4. The third-order valence-corrected chi connectivity index (χ3v) is 12.0. The van der Waals surface area contributed by atoms with E-state index in [0.29, 0.717) is 6.42 Å². The zero-order chi connectivity index (χ0) is 43.0. The number of unbranched alkanes of at least 4 members (excludes halogenated alkanes) is 32. The summed E-state index contributed by atoms with van der Waals surface area (Å²) in [6.45, 7) is 3.47. The molecule has 0 spiro atoms. The van der Waals surface area contributed by atoms with Crippen LogP contribution >= 0.6 is 0 Å². The Morgan fingerprint density at radius 2 is 0.797 bits per heavy atom. The van der Waals surface area contributed by atoms with Crippen LogP contribution in [0.2, 0.25) is 0 Å². The molecule has 1 heterocycles. The summed E-state index contributed by atoms with van der Waals surface area (Å²) in [6.07, 6.45) is 35.4. The topological polar surface area (TPSA) is 152 Å². The summed E-state index contributed by atoms with van der Waals surface area (Å²) in [7, 11) is 0. The molecule has 350 valence electrons. The van der Waals surface area contributed by atoms with Crippen molar-refractivity contribution in [3.05, 3.63) is 0 Å². The predicted octanol–water partition coefficient (Wildman–Crippen LogP) is 11.3. The predicted molar refractivity (Wildman–Crippen MR) is 238 cm³/mol. The summed E-state index contributed by atoms with van der Waals surface area (Å²) >= 11 is 0. The van der Waals surface area contributed by atoms with Gasteiger partial charge in [0.2, 0.25) is 0 Å². The molecule has 10 heteroatoms. The van der Waals surface area contributed by atoms with E-state index in [1.165, 1.54) is 173 Å². The smallest absolute Gasteiger partial charge is 0.306 e. The third kappa shape index (κ3) is 32.1. The van der Waals surface area contributed by atoms with Crippen molar-refractivity contribution in [2.75, 3.05) is 19.8 Å². The van der Waals surface area contributed by atoms with Gasteiger partial charge < -0.3 is 39.4 Å². The fraction of sp³-hybridized carbons (Fsp3) is 0.959. The van der Waals surface area contributed by atoms with Crippen LogP contribution in [0.4, 0.5) is 0 Å². The molecule has 1 aliphatic heterocycles. The SMILES string of the molecule is CCCCCCCCCCCCCCCCCCCCCCC(=O)O[C@H](COC(=O)CCCCCCCCCCCCCCCC)CO[C@@H]1O[C@H](CO)[C@H](O)C(O)C1O. The Balaban J connectivity index is 2.24. The van der Waals surface area contributed by atoms with E-state index < -0.39 is 49.4 Å². The van der Waals surface area contributed by atoms with E-state index in [9.17, 15) is 30.0 Å². The van der Waals surface area contributed by atoms with E-state index in [1.807, 2.05) is 0 Å². The first-order chi connectivity index (χ1) is 28.8. The lowest BCUT2D eigenvalue weighted by atomic mass is 9.99. The molecule has 6 atom stereocenters. The Hall–Kier alpha value is -1.30. The van der Waals surface area contributed by atoms with Gasteiger partial charge in [-0.3, -0.25) is 9.59 Å². The maximum Gasteiger partial charge on any atom is 0.306 e. The molecular weight excluding hydrogens is 749 g/mol. The Morgan fingerprint density at radius 3 is 1.15 bits per heavy atom. The van der Waals surface area contributed by atoms with E-state index in [-0.39, 0.29) is 32.0 Å². The number of carbonyl (C=O) groups is 2. The number of esters is 2. The van der Waals surface area contributed by atoms with Gasteiger partial charge >= 0.3 is 11.9 Å². The van der Waals surface area contributed by atoms with Crippen LogP contribution in [-0.4, -0.2) is 89.0 Å². The molecule has 1 fully saturated rings. The van der Waals surface area contributed by atoms with Gasteiger partial charge in [0.25, 0.3) is 0 Å². The van der Waals surface area contributed by atoms with Gasteiger partial charge in [0.1, 0.15) is 31.0 Å². The third-order valence-electron chi connectivity index (χ3n) is 12.0. The molecule has 1 saturated heterocycles. The van der Waals surface area contributed by atoms with Gasteiger partial charge in [0.15, 0.2) is 12.4 Å². The van der Waals surface area contributed by atoms with Gasteiger partial charge in [0, 0.05) is 12.8 Å². The first-order valence-corrected chi connectivity index (χ1v) is 25.1. The van der Waals surface area contributed by atoms with Crippen molar-refractivity contribution >= 4 is 11.9 Å². The van der Waals surface area contributed by atoms with E-state index in [4.69, 9.17) is 18.9 Å². The normalized spacial score (nSPS) is 19.9. The fourth-order valence-electron chi connectivity index (χ4n) is 8.01. The minimum atomic E-state index is -1.59. The highest BCUT2D eigenvalue weighted by atomic mass is 16.7. The van der Waals surface area contributed by atoms with Gasteiger partial charge in [-0.1, -0.05) is 219 Å². The molecule has 10 nitrogen and oxygen atoms in total. The molecule has 1 aliphatic rings. The number of carbonyl (C=O) groups excluding carboxylic acids is 2. The van der Waals surface area contributed by atoms with Gasteiger partial charge in [0.05, 0.1) is 13.2 Å². The standard InChI is InChI=1S/C49H94O10/c1-3-5-7-9-11-13-15-17-19-20-21-22-23-24-26-28-30-32-34-36-38-45(52)58-42(41-57-49-48(55)47(54)46(53)43(39-50)59-49)40-56-44(51)37-35-33-31-29-27-25-18-16-14-12-10-8-6-4-2/h42-43,46-50,53-55H,3-41H2,1-2H3/t42-,43-,46+,47?,48?,49-/m1/s1. The molecule has 0 aromatic rings. The fourth-order valence-corrected chi connectivity index (χ4v) is 8.01. The molecule has 4 N–H and O–H groups in total. The molecule has 0 amide bonds. The van der Waals surface area contributed by atoms with E-state index in [2.05, 4.69) is 13.8 Å². The van der Waals surface area contributed by atoms with Crippen molar-refractivity contribution in [1.82, 2.24) is 0 Å². The molecule has 2 unspecified atom stereocenters. The number of aliphatic hydroxyl groups excluding tert-OH is 4. The molecule has 0 aromatic carbocycles. The van der Waals surface area contributed by atoms with Crippen LogP contribution in [0.3, 0.4) is 0 Å². The largest absolute Gasteiger partial charge is 0.462 e. The van der Waals surface area contributed by atoms with Gasteiger partial charge in [-0.25, -0.2) is 0 Å².